The van der Waals surface area contributed by atoms with Crippen LogP contribution in [0.3, 0.4) is 0 Å². The summed E-state index contributed by atoms with van der Waals surface area (Å²) in [5.74, 6) is 0.976. The molecule has 0 radical (unpaired) electrons. The largest absolute Gasteiger partial charge is 0.315 e. The number of rotatable bonds is 6. The van der Waals surface area contributed by atoms with Gasteiger partial charge < -0.3 is 4.90 Å². The van der Waals surface area contributed by atoms with E-state index < -0.39 is 0 Å². The first kappa shape index (κ1) is 30.7. The van der Waals surface area contributed by atoms with Gasteiger partial charge in [0.15, 0.2) is 0 Å². The maximum atomic E-state index is 2.67. The number of fused-ring (bicyclic) bond motifs is 5. The summed E-state index contributed by atoms with van der Waals surface area (Å²) in [5, 5.41) is 0. The maximum Gasteiger partial charge on any atom is 0.0418 e. The molecule has 2 atom stereocenters. The third kappa shape index (κ3) is 5.66. The van der Waals surface area contributed by atoms with Gasteiger partial charge in [-0.1, -0.05) is 122 Å². The summed E-state index contributed by atoms with van der Waals surface area (Å²) >= 11 is 0. The Morgan fingerprint density at radius 2 is 1.55 bits per heavy atom. The average Bonchev–Trinajstić information content (AvgIpc) is 3.44. The van der Waals surface area contributed by atoms with Crippen LogP contribution in [0.15, 0.2) is 167 Å². The van der Waals surface area contributed by atoms with Gasteiger partial charge >= 0.3 is 0 Å². The first-order valence-electron chi connectivity index (χ1n) is 19.2. The molecular weight excluding hydrogens is 591 g/mol. The zero-order chi connectivity index (χ0) is 32.6. The molecule has 1 spiro atoms. The van der Waals surface area contributed by atoms with Crippen molar-refractivity contribution in [1.82, 2.24) is 4.90 Å². The molecule has 1 heteroatoms. The van der Waals surface area contributed by atoms with Crippen molar-refractivity contribution in [3.8, 4) is 11.1 Å². The first-order valence-corrected chi connectivity index (χ1v) is 19.2. The molecule has 7 aliphatic carbocycles. The fourth-order valence-corrected chi connectivity index (χ4v) is 9.92. The van der Waals surface area contributed by atoms with Crippen LogP contribution in [0.5, 0.6) is 0 Å². The van der Waals surface area contributed by atoms with E-state index in [1.54, 1.807) is 16.7 Å². The van der Waals surface area contributed by atoms with Gasteiger partial charge in [-0.3, -0.25) is 0 Å². The highest BCUT2D eigenvalue weighted by atomic mass is 15.2. The Labute approximate surface area is 293 Å². The minimum atomic E-state index is 0.158. The van der Waals surface area contributed by atoms with Crippen molar-refractivity contribution in [2.24, 2.45) is 5.92 Å². The molecule has 49 heavy (non-hydrogen) atoms. The number of benzene rings is 2. The van der Waals surface area contributed by atoms with Crippen molar-refractivity contribution in [3.05, 3.63) is 178 Å². The minimum Gasteiger partial charge on any atom is -0.315 e. The lowest BCUT2D eigenvalue weighted by Crippen LogP contribution is -2.31. The third-order valence-electron chi connectivity index (χ3n) is 12.4. The highest BCUT2D eigenvalue weighted by Gasteiger charge is 2.49. The zero-order valence-electron chi connectivity index (χ0n) is 28.9. The van der Waals surface area contributed by atoms with Gasteiger partial charge in [-0.05, 0) is 133 Å². The predicted molar refractivity (Wildman–Crippen MR) is 206 cm³/mol. The molecule has 246 valence electrons. The van der Waals surface area contributed by atoms with Gasteiger partial charge in [-0.2, -0.15) is 0 Å². The summed E-state index contributed by atoms with van der Waals surface area (Å²) in [4.78, 5) is 2.65. The predicted octanol–water partition coefficient (Wildman–Crippen LogP) is 12.8. The van der Waals surface area contributed by atoms with Crippen molar-refractivity contribution in [3.63, 3.8) is 0 Å². The second kappa shape index (κ2) is 13.2. The molecule has 9 rings (SSSR count). The lowest BCUT2D eigenvalue weighted by molar-refractivity contribution is 0.340. The molecule has 0 amide bonds. The molecule has 0 bridgehead atoms. The topological polar surface area (TPSA) is 3.24 Å². The van der Waals surface area contributed by atoms with Gasteiger partial charge in [0.05, 0.1) is 0 Å². The number of hydrogen-bond acceptors (Lipinski definition) is 1. The highest BCUT2D eigenvalue weighted by Crippen LogP contribution is 2.60. The van der Waals surface area contributed by atoms with Crippen LogP contribution in [-0.4, -0.2) is 4.90 Å². The lowest BCUT2D eigenvalue weighted by atomic mass is 9.66. The van der Waals surface area contributed by atoms with Gasteiger partial charge in [0, 0.05) is 34.3 Å². The second-order valence-electron chi connectivity index (χ2n) is 15.2. The van der Waals surface area contributed by atoms with E-state index in [-0.39, 0.29) is 5.41 Å². The van der Waals surface area contributed by atoms with E-state index in [1.807, 2.05) is 0 Å². The molecule has 2 aromatic rings. The van der Waals surface area contributed by atoms with E-state index >= 15 is 0 Å². The van der Waals surface area contributed by atoms with E-state index in [4.69, 9.17) is 0 Å². The van der Waals surface area contributed by atoms with E-state index in [0.717, 1.165) is 32.1 Å². The quantitative estimate of drug-likeness (QED) is 0.304. The fourth-order valence-electron chi connectivity index (χ4n) is 9.92. The standard InChI is InChI=1S/C48H49N/c1-5-13-35(14-6-1)38-19-24-41(25-20-38)49(42-26-21-39(22-27-42)36-15-7-2-8-16-36)43-28-30-45-44-29-23-40(37-17-9-3-10-18-37)33-46(44)48(47(45)34-43)31-11-4-12-32-48/h1,3,5,7,9-10,13,15-19,21,23-24,26-29,33-34,39,45H,2,4,6,8,11-12,14,20,22,25,30-32H2. The molecule has 1 saturated carbocycles. The van der Waals surface area contributed by atoms with Gasteiger partial charge in [0.2, 0.25) is 0 Å². The summed E-state index contributed by atoms with van der Waals surface area (Å²) < 4.78 is 0. The van der Waals surface area contributed by atoms with Gasteiger partial charge in [-0.25, -0.2) is 0 Å². The molecule has 0 N–H and O–H groups in total. The molecule has 0 aliphatic heterocycles. The Morgan fingerprint density at radius 3 is 2.31 bits per heavy atom. The number of allylic oxidation sites excluding steroid dienone is 18. The maximum absolute atomic E-state index is 2.67. The van der Waals surface area contributed by atoms with Gasteiger partial charge in [-0.15, -0.1) is 0 Å². The van der Waals surface area contributed by atoms with E-state index in [2.05, 4.69) is 132 Å². The lowest BCUT2D eigenvalue weighted by Gasteiger charge is -2.40. The van der Waals surface area contributed by atoms with Crippen molar-refractivity contribution in [2.45, 2.75) is 94.8 Å². The summed E-state index contributed by atoms with van der Waals surface area (Å²) in [7, 11) is 0. The molecule has 7 aliphatic rings. The first-order chi connectivity index (χ1) is 24.3. The molecule has 0 saturated heterocycles. The van der Waals surface area contributed by atoms with Crippen molar-refractivity contribution >= 4 is 0 Å². The zero-order valence-corrected chi connectivity index (χ0v) is 28.9. The molecule has 0 aromatic heterocycles. The van der Waals surface area contributed by atoms with E-state index in [9.17, 15) is 0 Å². The van der Waals surface area contributed by atoms with Crippen molar-refractivity contribution in [1.29, 1.82) is 0 Å². The summed E-state index contributed by atoms with van der Waals surface area (Å²) in [6.45, 7) is 0. The summed E-state index contributed by atoms with van der Waals surface area (Å²) in [6, 6.07) is 18.5. The van der Waals surface area contributed by atoms with Crippen LogP contribution in [0.2, 0.25) is 0 Å². The molecular formula is C48H49N. The van der Waals surface area contributed by atoms with Gasteiger partial charge in [0.25, 0.3) is 0 Å². The van der Waals surface area contributed by atoms with E-state index in [0.29, 0.717) is 11.8 Å². The number of hydrogen-bond donors (Lipinski definition) is 0. The van der Waals surface area contributed by atoms with Crippen LogP contribution in [-0.2, 0) is 5.41 Å². The minimum absolute atomic E-state index is 0.158. The second-order valence-corrected chi connectivity index (χ2v) is 15.2. The SMILES string of the molecule is C1=CCCC(C2=CC=C(N(C3=CCC(C4=CCCC=C4)C=C3)C3=CCC4C(=C3)C3(CCCCC3)c3cc(-c5ccccc5)ccc34)CC2)=C1. The van der Waals surface area contributed by atoms with Crippen LogP contribution < -0.4 is 0 Å². The van der Waals surface area contributed by atoms with Crippen LogP contribution in [0.1, 0.15) is 101 Å². The van der Waals surface area contributed by atoms with Crippen molar-refractivity contribution < 1.29 is 0 Å². The highest BCUT2D eigenvalue weighted by molar-refractivity contribution is 5.70. The smallest absolute Gasteiger partial charge is 0.0418 e. The molecule has 2 aromatic carbocycles. The number of nitrogens with zero attached hydrogens (tertiary/aromatic N) is 1. The van der Waals surface area contributed by atoms with Crippen LogP contribution in [0.4, 0.5) is 0 Å². The molecule has 1 fully saturated rings. The Hall–Kier alpha value is -4.36. The molecule has 0 heterocycles. The summed E-state index contributed by atoms with van der Waals surface area (Å²) in [5.41, 5.74) is 16.5. The van der Waals surface area contributed by atoms with E-state index in [1.165, 1.54) is 96.3 Å². The summed E-state index contributed by atoms with van der Waals surface area (Å²) in [6.07, 6.45) is 47.2. The van der Waals surface area contributed by atoms with Crippen LogP contribution in [0.25, 0.3) is 11.1 Å². The van der Waals surface area contributed by atoms with Crippen LogP contribution in [0, 0.1) is 5.92 Å². The molecule has 1 nitrogen and oxygen atoms in total. The Morgan fingerprint density at radius 1 is 0.673 bits per heavy atom. The normalized spacial score (nSPS) is 25.3. The molecule has 2 unspecified atom stereocenters. The van der Waals surface area contributed by atoms with Crippen molar-refractivity contribution in [2.75, 3.05) is 0 Å². The monoisotopic (exact) mass is 639 g/mol. The van der Waals surface area contributed by atoms with Gasteiger partial charge in [0.1, 0.15) is 0 Å². The fraction of sp³-hybridized carbons (Fsp3) is 0.333. The van der Waals surface area contributed by atoms with Crippen LogP contribution >= 0.6 is 0 Å². The average molecular weight is 640 g/mol. The third-order valence-corrected chi connectivity index (χ3v) is 12.4. The Balaban J connectivity index is 1.10. The Kier molecular flexibility index (Phi) is 8.24. The Bertz CT molecular complexity index is 1940.